The van der Waals surface area contributed by atoms with Gasteiger partial charge in [-0.25, -0.2) is 14.6 Å². The summed E-state index contributed by atoms with van der Waals surface area (Å²) in [7, 11) is 4.77. The van der Waals surface area contributed by atoms with Crippen LogP contribution in [0.1, 0.15) is 6.92 Å². The van der Waals surface area contributed by atoms with E-state index in [1.807, 2.05) is 0 Å². The summed E-state index contributed by atoms with van der Waals surface area (Å²) in [5.41, 5.74) is 0.180. The number of aromatic nitrogens is 4. The smallest absolute Gasteiger partial charge is 0.337 e. The molecule has 0 aliphatic rings. The molecule has 2 aromatic rings. The van der Waals surface area contributed by atoms with Gasteiger partial charge in [0.2, 0.25) is 4.84 Å². The van der Waals surface area contributed by atoms with E-state index in [0.717, 1.165) is 11.5 Å². The number of carboxylic acid groups (broad SMARTS) is 2. The average molecular weight is 383 g/mol. The number of nitrogens with zero attached hydrogens (tertiary/aromatic N) is 4. The number of halogens is 2. The minimum atomic E-state index is -1.29. The van der Waals surface area contributed by atoms with Crippen LogP contribution in [0.5, 0.6) is 0 Å². The monoisotopic (exact) mass is 382 g/mol. The normalized spacial score (nSPS) is 9.79. The second kappa shape index (κ2) is 9.08. The van der Waals surface area contributed by atoms with Crippen molar-refractivity contribution in [3.05, 3.63) is 27.2 Å². The van der Waals surface area contributed by atoms with Crippen molar-refractivity contribution >= 4 is 46.3 Å². The van der Waals surface area contributed by atoms with Crippen molar-refractivity contribution in [3.8, 4) is 0 Å². The highest BCUT2D eigenvalue weighted by molar-refractivity contribution is 6.52. The Hall–Kier alpha value is -2.33. The van der Waals surface area contributed by atoms with Crippen LogP contribution in [0, 0.1) is 0 Å². The second-order valence-electron chi connectivity index (χ2n) is 4.39. The molecule has 2 N–H and O–H groups in total. The van der Waals surface area contributed by atoms with Crippen molar-refractivity contribution in [1.29, 1.82) is 0 Å². The summed E-state index contributed by atoms with van der Waals surface area (Å²) in [5.74, 6) is -2.04. The van der Waals surface area contributed by atoms with Crippen LogP contribution in [0.3, 0.4) is 0 Å². The summed E-state index contributed by atoms with van der Waals surface area (Å²) in [6, 6.07) is 0. The molecule has 0 unspecified atom stereocenters. The van der Waals surface area contributed by atoms with Crippen molar-refractivity contribution in [2.24, 2.45) is 21.1 Å². The molecule has 10 nitrogen and oxygen atoms in total. The third kappa shape index (κ3) is 5.70. The fourth-order valence-corrected chi connectivity index (χ4v) is 1.47. The van der Waals surface area contributed by atoms with Crippen LogP contribution in [-0.2, 0) is 30.7 Å². The Bertz CT molecular complexity index is 848. The Kier molecular flexibility index (Phi) is 8.20. The molecule has 0 fully saturated rings. The van der Waals surface area contributed by atoms with Crippen molar-refractivity contribution in [1.82, 2.24) is 18.7 Å². The predicted octanol–water partition coefficient (Wildman–Crippen LogP) is -0.0637. The fourth-order valence-electron chi connectivity index (χ4n) is 1.47. The Morgan fingerprint density at radius 2 is 1.54 bits per heavy atom. The van der Waals surface area contributed by atoms with Gasteiger partial charge in [-0.1, -0.05) is 23.2 Å². The van der Waals surface area contributed by atoms with E-state index in [1.54, 1.807) is 18.7 Å². The van der Waals surface area contributed by atoms with E-state index in [9.17, 15) is 14.4 Å². The Morgan fingerprint density at radius 3 is 1.92 bits per heavy atom. The van der Waals surface area contributed by atoms with E-state index in [2.05, 4.69) is 4.98 Å². The van der Waals surface area contributed by atoms with E-state index in [4.69, 9.17) is 38.2 Å². The summed E-state index contributed by atoms with van der Waals surface area (Å²) < 4.78 is 4.04. The summed E-state index contributed by atoms with van der Waals surface area (Å²) in [5, 5.41) is 15.1. The largest absolute Gasteiger partial charge is 0.481 e. The zero-order chi connectivity index (χ0) is 19.2. The molecule has 134 valence electrons. The molecule has 0 atom stereocenters. The van der Waals surface area contributed by atoms with Crippen LogP contribution in [0.25, 0.3) is 11.2 Å². The molecular weight excluding hydrogens is 367 g/mol. The number of fused-ring (bicyclic) bond motifs is 1. The molecule has 2 heterocycles. The van der Waals surface area contributed by atoms with Crippen molar-refractivity contribution in [3.63, 3.8) is 0 Å². The number of carbonyl (C=O) groups is 2. The fraction of sp³-hybridized carbons (Fsp3) is 0.417. The molecule has 2 aromatic heterocycles. The maximum absolute atomic E-state index is 11.7. The molecule has 0 aliphatic carbocycles. The first-order valence-electron chi connectivity index (χ1n) is 6.19. The zero-order valence-electron chi connectivity index (χ0n) is 13.2. The van der Waals surface area contributed by atoms with E-state index in [0.29, 0.717) is 11.2 Å². The summed E-state index contributed by atoms with van der Waals surface area (Å²) in [6.45, 7) is 1.08. The number of hydrogen-bond acceptors (Lipinski definition) is 5. The number of aryl methyl sites for hydroxylation is 2. The van der Waals surface area contributed by atoms with Gasteiger partial charge in [0, 0.05) is 28.1 Å². The van der Waals surface area contributed by atoms with Crippen LogP contribution < -0.4 is 11.2 Å². The number of aliphatic carboxylic acids is 2. The van der Waals surface area contributed by atoms with Gasteiger partial charge < -0.3 is 14.8 Å². The average Bonchev–Trinajstić information content (AvgIpc) is 2.85. The first kappa shape index (κ1) is 21.7. The van der Waals surface area contributed by atoms with Crippen LogP contribution in [0.15, 0.2) is 15.9 Å². The molecule has 0 amide bonds. The molecule has 2 rings (SSSR count). The molecule has 0 saturated carbocycles. The first-order valence-corrected chi connectivity index (χ1v) is 7.06. The third-order valence-corrected chi connectivity index (χ3v) is 2.88. The van der Waals surface area contributed by atoms with Gasteiger partial charge in [0.05, 0.1) is 6.33 Å². The van der Waals surface area contributed by atoms with Crippen molar-refractivity contribution < 1.29 is 19.8 Å². The van der Waals surface area contributed by atoms with Crippen LogP contribution in [-0.4, -0.2) is 45.7 Å². The lowest BCUT2D eigenvalue weighted by molar-refractivity contribution is -0.135. The Morgan fingerprint density at radius 1 is 1.12 bits per heavy atom. The number of alkyl halides is 2. The SMILES string of the molecule is CC(=O)O.Cn1c(=O)c2c(ncn2C)n(C)c1=O.O=C(O)C(Cl)Cl. The van der Waals surface area contributed by atoms with Gasteiger partial charge in [-0.3, -0.25) is 18.7 Å². The number of rotatable bonds is 1. The van der Waals surface area contributed by atoms with E-state index < -0.39 is 16.8 Å². The number of hydrogen-bond donors (Lipinski definition) is 2. The first-order chi connectivity index (χ1) is 10.9. The van der Waals surface area contributed by atoms with Crippen molar-refractivity contribution in [2.75, 3.05) is 0 Å². The van der Waals surface area contributed by atoms with Crippen molar-refractivity contribution in [2.45, 2.75) is 11.8 Å². The molecular formula is C12H16Cl2N4O6. The molecule has 0 radical (unpaired) electrons. The van der Waals surface area contributed by atoms with E-state index in [1.165, 1.54) is 17.9 Å². The summed E-state index contributed by atoms with van der Waals surface area (Å²) >= 11 is 9.56. The number of carboxylic acids is 2. The minimum absolute atomic E-state index is 0.317. The maximum Gasteiger partial charge on any atom is 0.337 e. The lowest BCUT2D eigenvalue weighted by atomic mass is 10.5. The summed E-state index contributed by atoms with van der Waals surface area (Å²) in [6.07, 6.45) is 1.52. The quantitative estimate of drug-likeness (QED) is 0.658. The van der Waals surface area contributed by atoms with Gasteiger partial charge in [-0.15, -0.1) is 0 Å². The molecule has 0 spiro atoms. The zero-order valence-corrected chi connectivity index (χ0v) is 14.7. The Balaban J connectivity index is 0.000000443. The maximum atomic E-state index is 11.7. The van der Waals surface area contributed by atoms with Gasteiger partial charge in [-0.05, 0) is 0 Å². The minimum Gasteiger partial charge on any atom is -0.481 e. The van der Waals surface area contributed by atoms with Gasteiger partial charge in [0.1, 0.15) is 0 Å². The lowest BCUT2D eigenvalue weighted by Crippen LogP contribution is -2.37. The molecule has 24 heavy (non-hydrogen) atoms. The van der Waals surface area contributed by atoms with Crippen LogP contribution in [0.4, 0.5) is 0 Å². The third-order valence-electron chi connectivity index (χ3n) is 2.50. The molecule has 0 bridgehead atoms. The molecule has 12 heteroatoms. The standard InChI is InChI=1S/C8H10N4O2.C2H2Cl2O2.C2H4O2/c1-10-4-9-6-5(10)7(13)12(3)8(14)11(6)2;3-1(4)2(5)6;1-2(3)4/h4H,1-3H3;1H,(H,5,6);1H3,(H,3,4). The predicted molar refractivity (Wildman–Crippen MR) is 87.6 cm³/mol. The van der Waals surface area contributed by atoms with Gasteiger partial charge >= 0.3 is 11.7 Å². The number of imidazole rings is 1. The van der Waals surface area contributed by atoms with Gasteiger partial charge in [0.15, 0.2) is 11.2 Å². The molecule has 0 aliphatic heterocycles. The lowest BCUT2D eigenvalue weighted by Gasteiger charge is -2.02. The van der Waals surface area contributed by atoms with E-state index in [-0.39, 0.29) is 11.2 Å². The van der Waals surface area contributed by atoms with E-state index >= 15 is 0 Å². The topological polar surface area (TPSA) is 136 Å². The Labute approximate surface area is 145 Å². The highest BCUT2D eigenvalue weighted by atomic mass is 35.5. The summed E-state index contributed by atoms with van der Waals surface area (Å²) in [4.78, 5) is 44.3. The molecule has 0 aromatic carbocycles. The highest BCUT2D eigenvalue weighted by Crippen LogP contribution is 2.01. The second-order valence-corrected chi connectivity index (χ2v) is 5.49. The van der Waals surface area contributed by atoms with Gasteiger partial charge in [0.25, 0.3) is 11.5 Å². The van der Waals surface area contributed by atoms with Crippen LogP contribution >= 0.6 is 23.2 Å². The van der Waals surface area contributed by atoms with Gasteiger partial charge in [-0.2, -0.15) is 0 Å². The highest BCUT2D eigenvalue weighted by Gasteiger charge is 2.11. The molecule has 0 saturated heterocycles. The van der Waals surface area contributed by atoms with Crippen LogP contribution in [0.2, 0.25) is 0 Å².